The third-order valence-electron chi connectivity index (χ3n) is 10.5. The first-order chi connectivity index (χ1) is 13.0. The van der Waals surface area contributed by atoms with Gasteiger partial charge in [0.2, 0.25) is 0 Å². The van der Waals surface area contributed by atoms with Gasteiger partial charge in [-0.1, -0.05) is 46.5 Å². The van der Waals surface area contributed by atoms with Crippen LogP contribution in [0, 0.1) is 46.3 Å². The quantitative estimate of drug-likeness (QED) is 0.595. The predicted molar refractivity (Wildman–Crippen MR) is 111 cm³/mol. The first-order valence-corrected chi connectivity index (χ1v) is 12.3. The van der Waals surface area contributed by atoms with Crippen LogP contribution >= 0.6 is 0 Å². The molecule has 9 atom stereocenters. The molecule has 0 bridgehead atoms. The highest BCUT2D eigenvalue weighted by Crippen LogP contribution is 2.69. The smallest absolute Gasteiger partial charge is 0.0605 e. The Balaban J connectivity index is 1.61. The summed E-state index contributed by atoms with van der Waals surface area (Å²) in [6.07, 6.45) is 15.5. The Morgan fingerprint density at radius 2 is 1.63 bits per heavy atom. The number of hydrogen-bond acceptors (Lipinski definition) is 2. The lowest BCUT2D eigenvalue weighted by atomic mass is 9.41. The van der Waals surface area contributed by atoms with Crippen molar-refractivity contribution in [3.63, 3.8) is 0 Å². The second-order valence-corrected chi connectivity index (χ2v) is 11.2. The molecule has 0 aromatic carbocycles. The van der Waals surface area contributed by atoms with Crippen LogP contribution in [-0.2, 0) is 0 Å². The fourth-order valence-electron chi connectivity index (χ4n) is 9.12. The van der Waals surface area contributed by atoms with Gasteiger partial charge in [-0.2, -0.15) is 0 Å². The molecule has 0 saturated heterocycles. The van der Waals surface area contributed by atoms with E-state index in [1.165, 1.54) is 64.2 Å². The highest BCUT2D eigenvalue weighted by molar-refractivity contribution is 5.12. The highest BCUT2D eigenvalue weighted by atomic mass is 16.3. The minimum atomic E-state index is -0.0583. The van der Waals surface area contributed by atoms with Gasteiger partial charge in [0.05, 0.1) is 6.10 Å². The summed E-state index contributed by atoms with van der Waals surface area (Å²) < 4.78 is 0. The van der Waals surface area contributed by atoms with E-state index in [4.69, 9.17) is 0 Å². The van der Waals surface area contributed by atoms with Gasteiger partial charge in [0.15, 0.2) is 0 Å². The summed E-state index contributed by atoms with van der Waals surface area (Å²) >= 11 is 0. The van der Waals surface area contributed by atoms with Gasteiger partial charge in [-0.05, 0) is 97.7 Å². The standard InChI is InChI=1S/C25H44O2/c1-4-18-19-10-5-7-14-25(19,3)21-13-15-24(2)17(9-6-8-16-26)11-12-20(24)22(21)23(18)27/h17-23,26-27H,4-16H2,1-3H3. The van der Waals surface area contributed by atoms with Crippen LogP contribution < -0.4 is 0 Å². The van der Waals surface area contributed by atoms with Crippen LogP contribution in [0.2, 0.25) is 0 Å². The first kappa shape index (κ1) is 20.2. The van der Waals surface area contributed by atoms with Crippen molar-refractivity contribution in [2.24, 2.45) is 46.3 Å². The number of aliphatic hydroxyl groups is 2. The molecule has 0 spiro atoms. The monoisotopic (exact) mass is 376 g/mol. The number of fused-ring (bicyclic) bond motifs is 5. The molecule has 4 saturated carbocycles. The molecular weight excluding hydrogens is 332 g/mol. The van der Waals surface area contributed by atoms with Crippen LogP contribution in [0.1, 0.15) is 97.8 Å². The number of hydrogen-bond donors (Lipinski definition) is 2. The van der Waals surface area contributed by atoms with Crippen molar-refractivity contribution < 1.29 is 10.2 Å². The molecule has 4 aliphatic rings. The fraction of sp³-hybridized carbons (Fsp3) is 1.00. The molecule has 0 aromatic heterocycles. The molecule has 4 rings (SSSR count). The molecule has 4 aliphatic carbocycles. The highest BCUT2D eigenvalue weighted by Gasteiger charge is 2.63. The van der Waals surface area contributed by atoms with E-state index in [1.807, 2.05) is 0 Å². The maximum atomic E-state index is 11.6. The summed E-state index contributed by atoms with van der Waals surface area (Å²) in [6.45, 7) is 7.87. The van der Waals surface area contributed by atoms with Crippen molar-refractivity contribution in [2.75, 3.05) is 6.61 Å². The third-order valence-corrected chi connectivity index (χ3v) is 10.5. The van der Waals surface area contributed by atoms with E-state index >= 15 is 0 Å². The summed E-state index contributed by atoms with van der Waals surface area (Å²) in [6, 6.07) is 0. The average molecular weight is 377 g/mol. The van der Waals surface area contributed by atoms with Crippen molar-refractivity contribution in [1.29, 1.82) is 0 Å². The van der Waals surface area contributed by atoms with Crippen molar-refractivity contribution in [1.82, 2.24) is 0 Å². The van der Waals surface area contributed by atoms with Gasteiger partial charge in [-0.25, -0.2) is 0 Å². The molecule has 27 heavy (non-hydrogen) atoms. The zero-order valence-electron chi connectivity index (χ0n) is 18.1. The SMILES string of the molecule is CCC1C(O)C2C3CCC(CCCCO)C3(C)CCC2C2(C)CCCCC12. The van der Waals surface area contributed by atoms with Crippen LogP contribution in [-0.4, -0.2) is 22.9 Å². The van der Waals surface area contributed by atoms with E-state index in [9.17, 15) is 10.2 Å². The topological polar surface area (TPSA) is 40.5 Å². The van der Waals surface area contributed by atoms with Gasteiger partial charge in [-0.15, -0.1) is 0 Å². The average Bonchev–Trinajstić information content (AvgIpc) is 2.99. The third kappa shape index (κ3) is 3.03. The van der Waals surface area contributed by atoms with E-state index in [1.54, 1.807) is 0 Å². The van der Waals surface area contributed by atoms with E-state index < -0.39 is 0 Å². The van der Waals surface area contributed by atoms with Gasteiger partial charge in [0.1, 0.15) is 0 Å². The number of rotatable bonds is 5. The molecule has 0 amide bonds. The minimum absolute atomic E-state index is 0.0583. The molecule has 2 N–H and O–H groups in total. The largest absolute Gasteiger partial charge is 0.396 e. The number of aliphatic hydroxyl groups excluding tert-OH is 2. The van der Waals surface area contributed by atoms with Crippen molar-refractivity contribution in [2.45, 2.75) is 104 Å². The first-order valence-electron chi connectivity index (χ1n) is 12.3. The van der Waals surface area contributed by atoms with Crippen molar-refractivity contribution >= 4 is 0 Å². The maximum absolute atomic E-state index is 11.6. The van der Waals surface area contributed by atoms with E-state index in [2.05, 4.69) is 20.8 Å². The second kappa shape index (κ2) is 7.63. The Kier molecular flexibility index (Phi) is 5.71. The van der Waals surface area contributed by atoms with Gasteiger partial charge in [-0.3, -0.25) is 0 Å². The molecule has 0 aliphatic heterocycles. The predicted octanol–water partition coefficient (Wildman–Crippen LogP) is 5.80. The Hall–Kier alpha value is -0.0800. The zero-order valence-corrected chi connectivity index (χ0v) is 18.1. The zero-order chi connectivity index (χ0) is 19.2. The fourth-order valence-corrected chi connectivity index (χ4v) is 9.12. The van der Waals surface area contributed by atoms with Crippen molar-refractivity contribution in [3.05, 3.63) is 0 Å². The van der Waals surface area contributed by atoms with Crippen LogP contribution in [0.4, 0.5) is 0 Å². The van der Waals surface area contributed by atoms with E-state index in [0.717, 1.165) is 36.5 Å². The summed E-state index contributed by atoms with van der Waals surface area (Å²) in [5.74, 6) is 4.16. The van der Waals surface area contributed by atoms with E-state index in [-0.39, 0.29) is 6.10 Å². The molecule has 2 heteroatoms. The lowest BCUT2D eigenvalue weighted by Crippen LogP contribution is -2.61. The lowest BCUT2D eigenvalue weighted by Gasteiger charge is -2.64. The molecule has 0 aromatic rings. The van der Waals surface area contributed by atoms with Crippen LogP contribution in [0.3, 0.4) is 0 Å². The summed E-state index contributed by atoms with van der Waals surface area (Å²) in [5.41, 5.74) is 0.923. The Morgan fingerprint density at radius 1 is 0.852 bits per heavy atom. The summed E-state index contributed by atoms with van der Waals surface area (Å²) in [5, 5.41) is 20.8. The lowest BCUT2D eigenvalue weighted by molar-refractivity contribution is -0.193. The van der Waals surface area contributed by atoms with Crippen LogP contribution in [0.25, 0.3) is 0 Å². The molecule has 0 radical (unpaired) electrons. The normalized spacial score (nSPS) is 52.1. The second-order valence-electron chi connectivity index (χ2n) is 11.2. The molecule has 4 fully saturated rings. The van der Waals surface area contributed by atoms with E-state index in [0.29, 0.717) is 29.3 Å². The molecule has 156 valence electrons. The van der Waals surface area contributed by atoms with Crippen molar-refractivity contribution in [3.8, 4) is 0 Å². The Morgan fingerprint density at radius 3 is 2.37 bits per heavy atom. The van der Waals surface area contributed by atoms with Crippen LogP contribution in [0.5, 0.6) is 0 Å². The van der Waals surface area contributed by atoms with Crippen LogP contribution in [0.15, 0.2) is 0 Å². The minimum Gasteiger partial charge on any atom is -0.396 e. The summed E-state index contributed by atoms with van der Waals surface area (Å²) in [4.78, 5) is 0. The molecule has 9 unspecified atom stereocenters. The molecule has 2 nitrogen and oxygen atoms in total. The van der Waals surface area contributed by atoms with Gasteiger partial charge >= 0.3 is 0 Å². The number of unbranched alkanes of at least 4 members (excludes halogenated alkanes) is 1. The van der Waals surface area contributed by atoms with Gasteiger partial charge in [0.25, 0.3) is 0 Å². The van der Waals surface area contributed by atoms with Gasteiger partial charge < -0.3 is 10.2 Å². The Labute approximate surface area is 167 Å². The Bertz CT molecular complexity index is 518. The maximum Gasteiger partial charge on any atom is 0.0605 e. The summed E-state index contributed by atoms with van der Waals surface area (Å²) in [7, 11) is 0. The molecular formula is C25H44O2. The van der Waals surface area contributed by atoms with Gasteiger partial charge in [0, 0.05) is 6.61 Å². The molecule has 0 heterocycles.